The molecule has 1 aliphatic carbocycles. The molecule has 1 aromatic heterocycles. The molecule has 6 heteroatoms. The van der Waals surface area contributed by atoms with Gasteiger partial charge in [0.05, 0.1) is 11.8 Å². The Labute approximate surface area is 138 Å². The Morgan fingerprint density at radius 3 is 2.71 bits per heavy atom. The van der Waals surface area contributed by atoms with Crippen LogP contribution in [0, 0.1) is 11.6 Å². The highest BCUT2D eigenvalue weighted by molar-refractivity contribution is 5.66. The number of pyridine rings is 1. The van der Waals surface area contributed by atoms with Crippen LogP contribution in [0.3, 0.4) is 0 Å². The van der Waals surface area contributed by atoms with E-state index in [2.05, 4.69) is 4.98 Å². The van der Waals surface area contributed by atoms with Crippen molar-refractivity contribution in [1.29, 1.82) is 0 Å². The molecule has 0 amide bonds. The number of hydrogen-bond acceptors (Lipinski definition) is 4. The number of nitrogens with zero attached hydrogens (tertiary/aromatic N) is 1. The number of rotatable bonds is 2. The molecule has 0 saturated carbocycles. The van der Waals surface area contributed by atoms with Crippen molar-refractivity contribution >= 4 is 5.97 Å². The molecule has 1 N–H and O–H groups in total. The number of aliphatic hydroxyl groups is 1. The Hall–Kier alpha value is -2.34. The summed E-state index contributed by atoms with van der Waals surface area (Å²) in [6, 6.07) is 7.29. The maximum Gasteiger partial charge on any atom is 0.303 e. The average Bonchev–Trinajstić information content (AvgIpc) is 2.69. The molecule has 1 heterocycles. The second-order valence-electron chi connectivity index (χ2n) is 5.85. The molecule has 3 rings (SSSR count). The van der Waals surface area contributed by atoms with E-state index >= 15 is 0 Å². The van der Waals surface area contributed by atoms with E-state index in [1.54, 1.807) is 12.1 Å². The lowest BCUT2D eigenvalue weighted by Gasteiger charge is -2.26. The maximum atomic E-state index is 14.3. The highest BCUT2D eigenvalue weighted by Crippen LogP contribution is 2.45. The third kappa shape index (κ3) is 3.01. The zero-order valence-corrected chi connectivity index (χ0v) is 13.1. The van der Waals surface area contributed by atoms with Crippen molar-refractivity contribution < 1.29 is 23.4 Å². The van der Waals surface area contributed by atoms with Crippen molar-refractivity contribution in [2.45, 2.75) is 37.9 Å². The lowest BCUT2D eigenvalue weighted by Crippen LogP contribution is -2.18. The summed E-state index contributed by atoms with van der Waals surface area (Å²) in [4.78, 5) is 15.7. The first kappa shape index (κ1) is 16.5. The molecule has 0 saturated heterocycles. The highest BCUT2D eigenvalue weighted by Gasteiger charge is 2.36. The van der Waals surface area contributed by atoms with Crippen LogP contribution >= 0.6 is 0 Å². The fourth-order valence-electron chi connectivity index (χ4n) is 3.24. The van der Waals surface area contributed by atoms with Crippen molar-refractivity contribution in [1.82, 2.24) is 4.98 Å². The van der Waals surface area contributed by atoms with Gasteiger partial charge in [0.2, 0.25) is 0 Å². The summed E-state index contributed by atoms with van der Waals surface area (Å²) in [6.07, 6.45) is 0.495. The van der Waals surface area contributed by atoms with Crippen LogP contribution in [-0.4, -0.2) is 16.1 Å². The van der Waals surface area contributed by atoms with Crippen molar-refractivity contribution in [3.05, 3.63) is 65.0 Å². The molecule has 1 aliphatic rings. The van der Waals surface area contributed by atoms with Crippen LogP contribution in [-0.2, 0) is 9.53 Å². The van der Waals surface area contributed by atoms with E-state index in [9.17, 15) is 18.7 Å². The zero-order chi connectivity index (χ0) is 17.3. The van der Waals surface area contributed by atoms with E-state index in [1.807, 2.05) is 0 Å². The number of aromatic nitrogens is 1. The molecule has 1 aromatic carbocycles. The first-order valence-electron chi connectivity index (χ1n) is 7.73. The van der Waals surface area contributed by atoms with Gasteiger partial charge >= 0.3 is 5.97 Å². The van der Waals surface area contributed by atoms with Crippen molar-refractivity contribution in [3.8, 4) is 0 Å². The lowest BCUT2D eigenvalue weighted by atomic mass is 9.87. The number of hydrogen-bond donors (Lipinski definition) is 1. The summed E-state index contributed by atoms with van der Waals surface area (Å²) in [5.74, 6) is -3.05. The SMILES string of the molecule is CC(=O)O[C@@H]1c2cccnc2[C@H](O)CC[C@@H]1c1cccc(F)c1F. The van der Waals surface area contributed by atoms with E-state index < -0.39 is 35.7 Å². The minimum Gasteiger partial charge on any atom is -0.457 e. The molecule has 0 radical (unpaired) electrons. The Balaban J connectivity index is 2.14. The fraction of sp³-hybridized carbons (Fsp3) is 0.333. The van der Waals surface area contributed by atoms with E-state index in [0.29, 0.717) is 24.1 Å². The van der Waals surface area contributed by atoms with Gasteiger partial charge in [-0.15, -0.1) is 0 Å². The molecular weight excluding hydrogens is 316 g/mol. The molecule has 0 aliphatic heterocycles. The predicted octanol–water partition coefficient (Wildman–Crippen LogP) is 3.58. The minimum atomic E-state index is -0.957. The molecule has 3 atom stereocenters. The first-order chi connectivity index (χ1) is 11.5. The van der Waals surface area contributed by atoms with Crippen LogP contribution in [0.4, 0.5) is 8.78 Å². The second kappa shape index (κ2) is 6.65. The summed E-state index contributed by atoms with van der Waals surface area (Å²) in [5, 5.41) is 10.3. The van der Waals surface area contributed by atoms with E-state index in [0.717, 1.165) is 6.07 Å². The topological polar surface area (TPSA) is 59.4 Å². The smallest absolute Gasteiger partial charge is 0.303 e. The fourth-order valence-corrected chi connectivity index (χ4v) is 3.24. The molecular formula is C18H17F2NO3. The largest absolute Gasteiger partial charge is 0.457 e. The van der Waals surface area contributed by atoms with Crippen molar-refractivity contribution in [2.75, 3.05) is 0 Å². The van der Waals surface area contributed by atoms with Gasteiger partial charge in [-0.05, 0) is 30.5 Å². The quantitative estimate of drug-likeness (QED) is 0.674. The number of esters is 1. The summed E-state index contributed by atoms with van der Waals surface area (Å²) in [5.41, 5.74) is 1.06. The lowest BCUT2D eigenvalue weighted by molar-refractivity contribution is -0.148. The predicted molar refractivity (Wildman–Crippen MR) is 82.0 cm³/mol. The number of fused-ring (bicyclic) bond motifs is 1. The molecule has 0 bridgehead atoms. The van der Waals surface area contributed by atoms with Crippen LogP contribution in [0.5, 0.6) is 0 Å². The minimum absolute atomic E-state index is 0.130. The van der Waals surface area contributed by atoms with Crippen LogP contribution in [0.1, 0.15) is 54.7 Å². The molecule has 24 heavy (non-hydrogen) atoms. The van der Waals surface area contributed by atoms with E-state index in [1.165, 1.54) is 25.3 Å². The van der Waals surface area contributed by atoms with Crippen molar-refractivity contribution in [3.63, 3.8) is 0 Å². The van der Waals surface area contributed by atoms with Crippen molar-refractivity contribution in [2.24, 2.45) is 0 Å². The van der Waals surface area contributed by atoms with Crippen LogP contribution < -0.4 is 0 Å². The van der Waals surface area contributed by atoms with Gasteiger partial charge in [-0.1, -0.05) is 18.2 Å². The molecule has 126 valence electrons. The molecule has 0 unspecified atom stereocenters. The van der Waals surface area contributed by atoms with Gasteiger partial charge in [-0.3, -0.25) is 9.78 Å². The first-order valence-corrected chi connectivity index (χ1v) is 7.73. The normalized spacial score (nSPS) is 23.2. The third-order valence-corrected chi connectivity index (χ3v) is 4.28. The molecule has 4 nitrogen and oxygen atoms in total. The van der Waals surface area contributed by atoms with Crippen LogP contribution in [0.2, 0.25) is 0 Å². The summed E-state index contributed by atoms with van der Waals surface area (Å²) in [6.45, 7) is 1.26. The molecule has 0 spiro atoms. The van der Waals surface area contributed by atoms with Gasteiger partial charge in [0.15, 0.2) is 11.6 Å². The number of aliphatic hydroxyl groups excluding tert-OH is 1. The third-order valence-electron chi connectivity index (χ3n) is 4.28. The van der Waals surface area contributed by atoms with Crippen LogP contribution in [0.25, 0.3) is 0 Å². The Kier molecular flexibility index (Phi) is 4.57. The van der Waals surface area contributed by atoms with E-state index in [4.69, 9.17) is 4.74 Å². The number of benzene rings is 1. The van der Waals surface area contributed by atoms with Crippen LogP contribution in [0.15, 0.2) is 36.5 Å². The highest BCUT2D eigenvalue weighted by atomic mass is 19.2. The number of carbonyl (C=O) groups excluding carboxylic acids is 1. The Morgan fingerprint density at radius 2 is 1.96 bits per heavy atom. The maximum absolute atomic E-state index is 14.3. The molecule has 2 aromatic rings. The average molecular weight is 333 g/mol. The van der Waals surface area contributed by atoms with Gasteiger partial charge < -0.3 is 9.84 Å². The van der Waals surface area contributed by atoms with Gasteiger partial charge in [0.25, 0.3) is 0 Å². The van der Waals surface area contributed by atoms with Gasteiger partial charge in [0.1, 0.15) is 6.10 Å². The summed E-state index contributed by atoms with van der Waals surface area (Å²) in [7, 11) is 0. The summed E-state index contributed by atoms with van der Waals surface area (Å²) < 4.78 is 33.4. The van der Waals surface area contributed by atoms with Gasteiger partial charge in [0, 0.05) is 24.6 Å². The van der Waals surface area contributed by atoms with E-state index in [-0.39, 0.29) is 5.56 Å². The number of halogens is 2. The zero-order valence-electron chi connectivity index (χ0n) is 13.1. The summed E-state index contributed by atoms with van der Waals surface area (Å²) >= 11 is 0. The monoisotopic (exact) mass is 333 g/mol. The molecule has 0 fully saturated rings. The Morgan fingerprint density at radius 1 is 1.21 bits per heavy atom. The number of ether oxygens (including phenoxy) is 1. The van der Waals surface area contributed by atoms with Gasteiger partial charge in [-0.25, -0.2) is 8.78 Å². The standard InChI is InChI=1S/C18H17F2NO3/c1-10(22)24-18-12(11-4-2-6-14(19)16(11)20)7-8-15(23)17-13(18)5-3-9-21-17/h2-6,9,12,15,18,23H,7-8H2,1H3/t12-,15-,18+/m1/s1. The van der Waals surface area contributed by atoms with Gasteiger partial charge in [-0.2, -0.15) is 0 Å². The number of carbonyl (C=O) groups is 1. The second-order valence-corrected chi connectivity index (χ2v) is 5.85. The Bertz CT molecular complexity index is 766.